The van der Waals surface area contributed by atoms with Crippen molar-refractivity contribution in [3.63, 3.8) is 0 Å². The SMILES string of the molecule is O=[N+]([O-])c1cn[nH]c1-c1noc(-c2ccc3c(Br)cnn3c2)n1. The van der Waals surface area contributed by atoms with Gasteiger partial charge in [0, 0.05) is 6.20 Å². The molecule has 0 aliphatic rings. The van der Waals surface area contributed by atoms with E-state index in [1.165, 1.54) is 0 Å². The van der Waals surface area contributed by atoms with Crippen LogP contribution in [0.1, 0.15) is 0 Å². The molecule has 10 nitrogen and oxygen atoms in total. The molecule has 0 radical (unpaired) electrons. The zero-order chi connectivity index (χ0) is 16.0. The predicted octanol–water partition coefficient (Wildman–Crippen LogP) is 2.45. The number of aromatic nitrogens is 6. The highest BCUT2D eigenvalue weighted by molar-refractivity contribution is 9.10. The Kier molecular flexibility index (Phi) is 2.94. The molecule has 0 amide bonds. The molecule has 0 aromatic carbocycles. The minimum absolute atomic E-state index is 0.0611. The molecule has 23 heavy (non-hydrogen) atoms. The smallest absolute Gasteiger partial charge is 0.318 e. The summed E-state index contributed by atoms with van der Waals surface area (Å²) < 4.78 is 7.70. The van der Waals surface area contributed by atoms with Gasteiger partial charge in [0.05, 0.1) is 26.7 Å². The fourth-order valence-electron chi connectivity index (χ4n) is 2.10. The summed E-state index contributed by atoms with van der Waals surface area (Å²) in [5, 5.41) is 25.0. The molecule has 11 heteroatoms. The summed E-state index contributed by atoms with van der Waals surface area (Å²) in [5.41, 5.74) is 1.39. The van der Waals surface area contributed by atoms with Crippen LogP contribution in [0, 0.1) is 10.1 Å². The summed E-state index contributed by atoms with van der Waals surface area (Å²) >= 11 is 3.39. The maximum Gasteiger partial charge on any atom is 0.318 e. The zero-order valence-corrected chi connectivity index (χ0v) is 12.8. The van der Waals surface area contributed by atoms with Crippen LogP contribution in [0.3, 0.4) is 0 Å². The minimum Gasteiger partial charge on any atom is -0.333 e. The second-order valence-corrected chi connectivity index (χ2v) is 5.40. The van der Waals surface area contributed by atoms with Gasteiger partial charge >= 0.3 is 5.69 Å². The van der Waals surface area contributed by atoms with Crippen LogP contribution in [-0.4, -0.2) is 34.9 Å². The Bertz CT molecular complexity index is 1030. The number of halogens is 1. The minimum atomic E-state index is -0.567. The van der Waals surface area contributed by atoms with E-state index in [1.54, 1.807) is 23.0 Å². The van der Waals surface area contributed by atoms with E-state index in [9.17, 15) is 10.1 Å². The third-order valence-electron chi connectivity index (χ3n) is 3.18. The van der Waals surface area contributed by atoms with Gasteiger partial charge in [0.2, 0.25) is 5.82 Å². The molecule has 0 unspecified atom stereocenters. The predicted molar refractivity (Wildman–Crippen MR) is 80.4 cm³/mol. The molecule has 0 aliphatic carbocycles. The Morgan fingerprint density at radius 1 is 1.35 bits per heavy atom. The van der Waals surface area contributed by atoms with Gasteiger partial charge in [0.25, 0.3) is 5.89 Å². The van der Waals surface area contributed by atoms with Crippen molar-refractivity contribution in [1.82, 2.24) is 30.0 Å². The Balaban J connectivity index is 1.77. The largest absolute Gasteiger partial charge is 0.333 e. The van der Waals surface area contributed by atoms with Gasteiger partial charge in [0.15, 0.2) is 5.69 Å². The van der Waals surface area contributed by atoms with Crippen LogP contribution in [0.25, 0.3) is 28.5 Å². The Morgan fingerprint density at radius 2 is 2.22 bits per heavy atom. The van der Waals surface area contributed by atoms with E-state index >= 15 is 0 Å². The topological polar surface area (TPSA) is 128 Å². The molecule has 0 bridgehead atoms. The van der Waals surface area contributed by atoms with Crippen LogP contribution in [0.2, 0.25) is 0 Å². The molecule has 0 atom stereocenters. The second-order valence-electron chi connectivity index (χ2n) is 4.55. The lowest BCUT2D eigenvalue weighted by Crippen LogP contribution is -1.91. The summed E-state index contributed by atoms with van der Waals surface area (Å²) in [6.45, 7) is 0. The molecule has 0 saturated heterocycles. The van der Waals surface area contributed by atoms with E-state index in [2.05, 4.69) is 41.4 Å². The maximum atomic E-state index is 10.9. The molecule has 4 aromatic heterocycles. The molecule has 0 aliphatic heterocycles. The summed E-state index contributed by atoms with van der Waals surface area (Å²) in [7, 11) is 0. The average molecular weight is 376 g/mol. The van der Waals surface area contributed by atoms with Crippen molar-refractivity contribution in [2.45, 2.75) is 0 Å². The monoisotopic (exact) mass is 375 g/mol. The van der Waals surface area contributed by atoms with Crippen LogP contribution >= 0.6 is 15.9 Å². The van der Waals surface area contributed by atoms with Crippen molar-refractivity contribution in [2.24, 2.45) is 0 Å². The van der Waals surface area contributed by atoms with E-state index < -0.39 is 4.92 Å². The first-order valence-electron chi connectivity index (χ1n) is 6.28. The molecule has 114 valence electrons. The highest BCUT2D eigenvalue weighted by Crippen LogP contribution is 2.28. The lowest BCUT2D eigenvalue weighted by molar-refractivity contribution is -0.384. The van der Waals surface area contributed by atoms with E-state index in [-0.39, 0.29) is 23.1 Å². The molecule has 4 aromatic rings. The Hall–Kier alpha value is -3.08. The van der Waals surface area contributed by atoms with Gasteiger partial charge in [-0.3, -0.25) is 15.2 Å². The van der Waals surface area contributed by atoms with Crippen LogP contribution in [-0.2, 0) is 0 Å². The van der Waals surface area contributed by atoms with E-state index in [4.69, 9.17) is 4.52 Å². The molecule has 1 N–H and O–H groups in total. The van der Waals surface area contributed by atoms with Crippen molar-refractivity contribution in [1.29, 1.82) is 0 Å². The summed E-state index contributed by atoms with van der Waals surface area (Å²) in [6, 6.07) is 3.63. The van der Waals surface area contributed by atoms with Crippen molar-refractivity contribution < 1.29 is 9.45 Å². The van der Waals surface area contributed by atoms with Gasteiger partial charge in [-0.15, -0.1) is 0 Å². The third kappa shape index (κ3) is 2.17. The normalized spacial score (nSPS) is 11.2. The van der Waals surface area contributed by atoms with Gasteiger partial charge < -0.3 is 4.52 Å². The fourth-order valence-corrected chi connectivity index (χ4v) is 2.51. The Labute approximate surface area is 135 Å². The molecule has 0 fully saturated rings. The molecule has 0 saturated carbocycles. The first-order valence-corrected chi connectivity index (χ1v) is 7.08. The third-order valence-corrected chi connectivity index (χ3v) is 3.79. The summed E-state index contributed by atoms with van der Waals surface area (Å²) in [4.78, 5) is 14.5. The van der Waals surface area contributed by atoms with Gasteiger partial charge in [0.1, 0.15) is 6.20 Å². The molecule has 4 rings (SSSR count). The number of nitro groups is 1. The van der Waals surface area contributed by atoms with Crippen molar-refractivity contribution >= 4 is 27.1 Å². The second kappa shape index (κ2) is 4.98. The fraction of sp³-hybridized carbons (Fsp3) is 0. The number of pyridine rings is 1. The van der Waals surface area contributed by atoms with Crippen LogP contribution in [0.4, 0.5) is 5.69 Å². The van der Waals surface area contributed by atoms with Gasteiger partial charge in [-0.25, -0.2) is 4.52 Å². The van der Waals surface area contributed by atoms with Crippen LogP contribution in [0.5, 0.6) is 0 Å². The first kappa shape index (κ1) is 13.6. The number of rotatable bonds is 3. The van der Waals surface area contributed by atoms with E-state index in [0.29, 0.717) is 5.56 Å². The van der Waals surface area contributed by atoms with Gasteiger partial charge in [-0.2, -0.15) is 15.2 Å². The molecule has 0 spiro atoms. The number of nitrogens with one attached hydrogen (secondary N) is 1. The highest BCUT2D eigenvalue weighted by atomic mass is 79.9. The molecule has 4 heterocycles. The molecular formula is C12H6BrN7O3. The van der Waals surface area contributed by atoms with Crippen molar-refractivity contribution in [3.8, 4) is 23.0 Å². The van der Waals surface area contributed by atoms with E-state index in [0.717, 1.165) is 16.2 Å². The number of aromatic amines is 1. The first-order chi connectivity index (χ1) is 11.1. The number of fused-ring (bicyclic) bond motifs is 1. The quantitative estimate of drug-likeness (QED) is 0.430. The van der Waals surface area contributed by atoms with Crippen molar-refractivity contribution in [2.75, 3.05) is 0 Å². The van der Waals surface area contributed by atoms with Gasteiger partial charge in [-0.05, 0) is 28.1 Å². The molecular weight excluding hydrogens is 370 g/mol. The lowest BCUT2D eigenvalue weighted by atomic mass is 10.2. The summed E-state index contributed by atoms with van der Waals surface area (Å²) in [5.74, 6) is 0.281. The summed E-state index contributed by atoms with van der Waals surface area (Å²) in [6.07, 6.45) is 4.49. The standard InChI is InChI=1S/C12H6BrN7O3/c13-7-3-15-19-5-6(1-2-8(7)19)12-16-11(18-23-12)10-9(20(21)22)4-14-17-10/h1-5H,(H,14,17). The lowest BCUT2D eigenvalue weighted by Gasteiger charge is -1.96. The van der Waals surface area contributed by atoms with Crippen molar-refractivity contribution in [3.05, 3.63) is 45.3 Å². The van der Waals surface area contributed by atoms with Crippen LogP contribution in [0.15, 0.2) is 39.7 Å². The number of hydrogen-bond donors (Lipinski definition) is 1. The number of nitrogens with zero attached hydrogens (tertiary/aromatic N) is 6. The number of hydrogen-bond acceptors (Lipinski definition) is 7. The van der Waals surface area contributed by atoms with Gasteiger partial charge in [-0.1, -0.05) is 5.16 Å². The van der Waals surface area contributed by atoms with Crippen LogP contribution < -0.4 is 0 Å². The Morgan fingerprint density at radius 3 is 3.04 bits per heavy atom. The highest BCUT2D eigenvalue weighted by Gasteiger charge is 2.23. The zero-order valence-electron chi connectivity index (χ0n) is 11.2. The average Bonchev–Trinajstić information content (AvgIpc) is 3.25. The maximum absolute atomic E-state index is 10.9. The van der Waals surface area contributed by atoms with E-state index in [1.807, 2.05) is 6.07 Å². The number of H-pyrrole nitrogens is 1.